The molecule has 5 heteroatoms. The summed E-state index contributed by atoms with van der Waals surface area (Å²) in [6, 6.07) is 24.5. The van der Waals surface area contributed by atoms with Gasteiger partial charge < -0.3 is 4.98 Å². The van der Waals surface area contributed by atoms with E-state index in [1.165, 1.54) is 22.9 Å². The van der Waals surface area contributed by atoms with Crippen LogP contribution in [0.25, 0.3) is 11.0 Å². The highest BCUT2D eigenvalue weighted by atomic mass is 32.2. The average molecular weight is 414 g/mol. The Kier molecular flexibility index (Phi) is 5.05. The van der Waals surface area contributed by atoms with Gasteiger partial charge in [-0.15, -0.1) is 0 Å². The first-order valence-corrected chi connectivity index (χ1v) is 11.2. The van der Waals surface area contributed by atoms with E-state index in [1.54, 1.807) is 0 Å². The molecule has 0 saturated heterocycles. The molecule has 1 amide bonds. The van der Waals surface area contributed by atoms with Crippen LogP contribution in [0.3, 0.4) is 0 Å². The smallest absolute Gasteiger partial charge is 0.245 e. The Balaban J connectivity index is 1.53. The molecule has 0 fully saturated rings. The van der Waals surface area contributed by atoms with Crippen LogP contribution < -0.4 is 4.90 Å². The summed E-state index contributed by atoms with van der Waals surface area (Å²) in [4.78, 5) is 23.8. The molecule has 2 heterocycles. The second kappa shape index (κ2) is 8.00. The van der Waals surface area contributed by atoms with E-state index in [2.05, 4.69) is 53.3 Å². The number of nitrogens with one attached hydrogen (secondary N) is 1. The lowest BCUT2D eigenvalue weighted by Crippen LogP contribution is -2.34. The quantitative estimate of drug-likeness (QED) is 0.424. The summed E-state index contributed by atoms with van der Waals surface area (Å²) in [7, 11) is 0. The first-order chi connectivity index (χ1) is 14.7. The number of H-pyrrole nitrogens is 1. The third-order valence-corrected chi connectivity index (χ3v) is 6.85. The Morgan fingerprint density at radius 3 is 2.20 bits per heavy atom. The van der Waals surface area contributed by atoms with Gasteiger partial charge in [0.2, 0.25) is 5.91 Å². The maximum Gasteiger partial charge on any atom is 0.245 e. The first-order valence-electron chi connectivity index (χ1n) is 10.4. The fraction of sp³-hybridized carbons (Fsp3) is 0.200. The lowest BCUT2D eigenvalue weighted by atomic mass is 10.0. The molecule has 4 nitrogen and oxygen atoms in total. The maximum atomic E-state index is 13.9. The molecule has 1 unspecified atom stereocenters. The second-order valence-corrected chi connectivity index (χ2v) is 8.70. The van der Waals surface area contributed by atoms with Crippen LogP contribution in [-0.2, 0) is 17.6 Å². The Bertz CT molecular complexity index is 1140. The van der Waals surface area contributed by atoms with Gasteiger partial charge in [0.05, 0.1) is 27.7 Å². The third kappa shape index (κ3) is 3.39. The van der Waals surface area contributed by atoms with E-state index >= 15 is 0 Å². The molecule has 1 aliphatic rings. The number of carbonyl (C=O) groups excluding carboxylic acids is 1. The molecule has 1 atom stereocenters. The van der Waals surface area contributed by atoms with E-state index in [1.807, 2.05) is 41.3 Å². The molecule has 0 bridgehead atoms. The SMILES string of the molecule is CCC(Sc1nc2ccccc2[nH]1)C(=O)N1c2ccccc2CCc2ccccc21. The molecule has 150 valence electrons. The fourth-order valence-corrected chi connectivity index (χ4v) is 5.05. The number of aromatic amines is 1. The van der Waals surface area contributed by atoms with E-state index in [0.717, 1.165) is 46.8 Å². The molecular weight excluding hydrogens is 390 g/mol. The zero-order chi connectivity index (χ0) is 20.5. The minimum absolute atomic E-state index is 0.102. The van der Waals surface area contributed by atoms with E-state index in [9.17, 15) is 4.79 Å². The molecule has 1 aromatic heterocycles. The van der Waals surface area contributed by atoms with Crippen LogP contribution in [0.2, 0.25) is 0 Å². The van der Waals surface area contributed by atoms with Gasteiger partial charge in [-0.05, 0) is 54.7 Å². The molecule has 1 aliphatic heterocycles. The molecule has 0 aliphatic carbocycles. The van der Waals surface area contributed by atoms with Crippen molar-refractivity contribution in [3.63, 3.8) is 0 Å². The van der Waals surface area contributed by atoms with Crippen LogP contribution in [0.4, 0.5) is 11.4 Å². The Hall–Kier alpha value is -3.05. The number of thioether (sulfide) groups is 1. The van der Waals surface area contributed by atoms with Crippen LogP contribution >= 0.6 is 11.8 Å². The Morgan fingerprint density at radius 1 is 0.967 bits per heavy atom. The molecule has 1 N–H and O–H groups in total. The van der Waals surface area contributed by atoms with Crippen molar-refractivity contribution in [1.82, 2.24) is 9.97 Å². The number of fused-ring (bicyclic) bond motifs is 3. The molecule has 4 aromatic rings. The average Bonchev–Trinajstić information content (AvgIpc) is 3.12. The number of hydrogen-bond acceptors (Lipinski definition) is 3. The van der Waals surface area contributed by atoms with Gasteiger partial charge in [0, 0.05) is 0 Å². The minimum atomic E-state index is -0.232. The Morgan fingerprint density at radius 2 is 1.57 bits per heavy atom. The molecule has 0 radical (unpaired) electrons. The van der Waals surface area contributed by atoms with Crippen molar-refractivity contribution in [3.8, 4) is 0 Å². The summed E-state index contributed by atoms with van der Waals surface area (Å²) in [5, 5.41) is 0.553. The van der Waals surface area contributed by atoms with Crippen molar-refractivity contribution in [3.05, 3.63) is 83.9 Å². The van der Waals surface area contributed by atoms with Crippen molar-refractivity contribution < 1.29 is 4.79 Å². The van der Waals surface area contributed by atoms with Gasteiger partial charge in [0.1, 0.15) is 0 Å². The van der Waals surface area contributed by atoms with Gasteiger partial charge in [0.25, 0.3) is 0 Å². The van der Waals surface area contributed by atoms with E-state index in [-0.39, 0.29) is 11.2 Å². The number of imidazole rings is 1. The fourth-order valence-electron chi connectivity index (χ4n) is 4.09. The van der Waals surface area contributed by atoms with E-state index in [4.69, 9.17) is 0 Å². The molecule has 3 aromatic carbocycles. The number of aryl methyl sites for hydroxylation is 2. The predicted molar refractivity (Wildman–Crippen MR) is 123 cm³/mol. The topological polar surface area (TPSA) is 49.0 Å². The summed E-state index contributed by atoms with van der Waals surface area (Å²) in [6.45, 7) is 2.06. The zero-order valence-corrected chi connectivity index (χ0v) is 17.7. The summed E-state index contributed by atoms with van der Waals surface area (Å²) in [6.07, 6.45) is 2.59. The third-order valence-electron chi connectivity index (χ3n) is 5.62. The summed E-state index contributed by atoms with van der Waals surface area (Å²) >= 11 is 1.51. The highest BCUT2D eigenvalue weighted by Gasteiger charge is 2.31. The first kappa shape index (κ1) is 18.9. The summed E-state index contributed by atoms with van der Waals surface area (Å²) in [5.41, 5.74) is 6.34. The van der Waals surface area contributed by atoms with Gasteiger partial charge >= 0.3 is 0 Å². The highest BCUT2D eigenvalue weighted by molar-refractivity contribution is 8.00. The summed E-state index contributed by atoms with van der Waals surface area (Å²) in [5.74, 6) is 0.102. The standard InChI is InChI=1S/C25H23N3OS/c1-2-23(30-25-26-19-11-5-6-12-20(19)27-25)24(29)28-21-13-7-3-9-17(21)15-16-18-10-4-8-14-22(18)28/h3-14,23H,2,15-16H2,1H3,(H,26,27). The van der Waals surface area contributed by atoms with Crippen molar-refractivity contribution in [2.75, 3.05) is 4.90 Å². The maximum absolute atomic E-state index is 13.9. The largest absolute Gasteiger partial charge is 0.333 e. The number of rotatable bonds is 4. The van der Waals surface area contributed by atoms with Crippen LogP contribution in [0.15, 0.2) is 78.0 Å². The van der Waals surface area contributed by atoms with E-state index in [0.29, 0.717) is 0 Å². The summed E-state index contributed by atoms with van der Waals surface area (Å²) < 4.78 is 0. The van der Waals surface area contributed by atoms with Gasteiger partial charge in [-0.3, -0.25) is 9.69 Å². The lowest BCUT2D eigenvalue weighted by molar-refractivity contribution is -0.117. The van der Waals surface area contributed by atoms with E-state index < -0.39 is 0 Å². The number of benzene rings is 3. The monoisotopic (exact) mass is 413 g/mol. The molecule has 30 heavy (non-hydrogen) atoms. The van der Waals surface area contributed by atoms with Crippen LogP contribution in [0.1, 0.15) is 24.5 Å². The normalized spacial score (nSPS) is 14.1. The zero-order valence-electron chi connectivity index (χ0n) is 16.8. The number of carbonyl (C=O) groups is 1. The number of hydrogen-bond donors (Lipinski definition) is 1. The van der Waals surface area contributed by atoms with Crippen molar-refractivity contribution in [2.24, 2.45) is 0 Å². The number of para-hydroxylation sites is 4. The Labute approximate surface area is 180 Å². The number of nitrogens with zero attached hydrogens (tertiary/aromatic N) is 2. The van der Waals surface area contributed by atoms with Gasteiger partial charge in [-0.25, -0.2) is 4.98 Å². The van der Waals surface area contributed by atoms with Gasteiger partial charge in [-0.1, -0.05) is 67.2 Å². The second-order valence-electron chi connectivity index (χ2n) is 7.50. The highest BCUT2D eigenvalue weighted by Crippen LogP contribution is 2.38. The molecule has 0 saturated carbocycles. The molecule has 0 spiro atoms. The number of aromatic nitrogens is 2. The number of amides is 1. The minimum Gasteiger partial charge on any atom is -0.333 e. The lowest BCUT2D eigenvalue weighted by Gasteiger charge is -2.28. The molecule has 5 rings (SSSR count). The predicted octanol–water partition coefficient (Wildman–Crippen LogP) is 5.90. The van der Waals surface area contributed by atoms with Crippen molar-refractivity contribution in [1.29, 1.82) is 0 Å². The number of anilines is 2. The van der Waals surface area contributed by atoms with Crippen LogP contribution in [0.5, 0.6) is 0 Å². The molecular formula is C25H23N3OS. The van der Waals surface area contributed by atoms with Crippen molar-refractivity contribution in [2.45, 2.75) is 36.6 Å². The van der Waals surface area contributed by atoms with Gasteiger partial charge in [-0.2, -0.15) is 0 Å². The van der Waals surface area contributed by atoms with Gasteiger partial charge in [0.15, 0.2) is 5.16 Å². The van der Waals surface area contributed by atoms with Crippen molar-refractivity contribution >= 4 is 40.1 Å². The van der Waals surface area contributed by atoms with Crippen LogP contribution in [-0.4, -0.2) is 21.1 Å². The van der Waals surface area contributed by atoms with Crippen LogP contribution in [0, 0.1) is 0 Å².